The Morgan fingerprint density at radius 2 is 1.93 bits per heavy atom. The second-order valence-corrected chi connectivity index (χ2v) is 5.38. The molecule has 0 saturated carbocycles. The fourth-order valence-corrected chi connectivity index (χ4v) is 1.70. The van der Waals surface area contributed by atoms with Gasteiger partial charge in [-0.05, 0) is 24.8 Å². The third kappa shape index (κ3) is 2.20. The molecule has 1 aliphatic rings. The molecule has 0 saturated heterocycles. The van der Waals surface area contributed by atoms with Gasteiger partial charge in [0.15, 0.2) is 0 Å². The van der Waals surface area contributed by atoms with Gasteiger partial charge in [-0.15, -0.1) is 0 Å². The Kier molecular flexibility index (Phi) is 3.08. The van der Waals surface area contributed by atoms with E-state index in [9.17, 15) is 0 Å². The first-order chi connectivity index (χ1) is 6.39. The summed E-state index contributed by atoms with van der Waals surface area (Å²) in [4.78, 5) is 0. The average Bonchev–Trinajstić information content (AvgIpc) is 2.54. The highest BCUT2D eigenvalue weighted by molar-refractivity contribution is 5.23. The van der Waals surface area contributed by atoms with Crippen LogP contribution in [-0.2, 0) is 0 Å². The topological polar surface area (TPSA) is 12.0 Å². The number of hydrogen-bond donors (Lipinski definition) is 1. The van der Waals surface area contributed by atoms with Crippen molar-refractivity contribution in [1.82, 2.24) is 5.32 Å². The zero-order valence-electron chi connectivity index (χ0n) is 10.1. The molecule has 0 aliphatic heterocycles. The standard InChI is InChI=1S/C13H23N/c1-6-13(5,12(2,3)4)14-11-9-7-8-10-11/h7-9,14H,6,10H2,1-5H3. The van der Waals surface area contributed by atoms with Crippen LogP contribution >= 0.6 is 0 Å². The van der Waals surface area contributed by atoms with Crippen LogP contribution in [0.3, 0.4) is 0 Å². The van der Waals surface area contributed by atoms with E-state index in [-0.39, 0.29) is 11.0 Å². The van der Waals surface area contributed by atoms with Gasteiger partial charge in [-0.2, -0.15) is 0 Å². The van der Waals surface area contributed by atoms with Gasteiger partial charge in [0.2, 0.25) is 0 Å². The Morgan fingerprint density at radius 3 is 2.29 bits per heavy atom. The lowest BCUT2D eigenvalue weighted by molar-refractivity contribution is 0.163. The number of nitrogens with one attached hydrogen (secondary N) is 1. The lowest BCUT2D eigenvalue weighted by Crippen LogP contribution is -2.51. The summed E-state index contributed by atoms with van der Waals surface area (Å²) >= 11 is 0. The Labute approximate surface area is 88.3 Å². The predicted molar refractivity (Wildman–Crippen MR) is 63.1 cm³/mol. The first-order valence-corrected chi connectivity index (χ1v) is 5.53. The molecule has 0 spiro atoms. The maximum absolute atomic E-state index is 3.68. The van der Waals surface area contributed by atoms with Crippen molar-refractivity contribution < 1.29 is 0 Å². The monoisotopic (exact) mass is 193 g/mol. The van der Waals surface area contributed by atoms with E-state index in [2.05, 4.69) is 58.2 Å². The zero-order valence-corrected chi connectivity index (χ0v) is 10.1. The molecule has 1 aliphatic carbocycles. The SMILES string of the molecule is CCC(C)(NC1=CC=CC1)C(C)(C)C. The minimum absolute atomic E-state index is 0.185. The third-order valence-corrected chi connectivity index (χ3v) is 3.57. The fraction of sp³-hybridized carbons (Fsp3) is 0.692. The quantitative estimate of drug-likeness (QED) is 0.721. The second kappa shape index (κ2) is 3.80. The number of allylic oxidation sites excluding steroid dienone is 3. The first kappa shape index (κ1) is 11.4. The molecular weight excluding hydrogens is 170 g/mol. The molecule has 80 valence electrons. The van der Waals surface area contributed by atoms with Crippen LogP contribution in [0.2, 0.25) is 0 Å². The molecule has 1 atom stereocenters. The van der Waals surface area contributed by atoms with Crippen LogP contribution in [0.5, 0.6) is 0 Å². The van der Waals surface area contributed by atoms with Crippen molar-refractivity contribution in [3.8, 4) is 0 Å². The van der Waals surface area contributed by atoms with Gasteiger partial charge in [-0.25, -0.2) is 0 Å². The molecule has 0 aromatic rings. The summed E-state index contributed by atoms with van der Waals surface area (Å²) in [7, 11) is 0. The van der Waals surface area contributed by atoms with Crippen molar-refractivity contribution in [1.29, 1.82) is 0 Å². The van der Waals surface area contributed by atoms with Crippen molar-refractivity contribution in [2.24, 2.45) is 5.41 Å². The molecule has 0 radical (unpaired) electrons. The van der Waals surface area contributed by atoms with E-state index in [4.69, 9.17) is 0 Å². The Hall–Kier alpha value is -0.720. The van der Waals surface area contributed by atoms with E-state index in [0.717, 1.165) is 12.8 Å². The summed E-state index contributed by atoms with van der Waals surface area (Å²) in [6.07, 6.45) is 8.71. The fourth-order valence-electron chi connectivity index (χ4n) is 1.70. The molecular formula is C13H23N. The summed E-state index contributed by atoms with van der Waals surface area (Å²) in [6.45, 7) is 11.5. The van der Waals surface area contributed by atoms with Gasteiger partial charge >= 0.3 is 0 Å². The average molecular weight is 193 g/mol. The van der Waals surface area contributed by atoms with Gasteiger partial charge in [0, 0.05) is 17.7 Å². The minimum Gasteiger partial charge on any atom is -0.382 e. The first-order valence-electron chi connectivity index (χ1n) is 5.53. The van der Waals surface area contributed by atoms with Gasteiger partial charge in [0.05, 0.1) is 0 Å². The molecule has 0 fully saturated rings. The molecule has 14 heavy (non-hydrogen) atoms. The Balaban J connectivity index is 2.71. The molecule has 0 heterocycles. The molecule has 0 amide bonds. The van der Waals surface area contributed by atoms with Gasteiger partial charge in [-0.1, -0.05) is 39.8 Å². The number of hydrogen-bond acceptors (Lipinski definition) is 1. The predicted octanol–water partition coefficient (Wildman–Crippen LogP) is 3.63. The molecule has 1 nitrogen and oxygen atoms in total. The molecule has 1 unspecified atom stereocenters. The van der Waals surface area contributed by atoms with Crippen molar-refractivity contribution >= 4 is 0 Å². The second-order valence-electron chi connectivity index (χ2n) is 5.38. The maximum Gasteiger partial charge on any atom is 0.0388 e. The van der Waals surface area contributed by atoms with E-state index >= 15 is 0 Å². The number of rotatable bonds is 3. The van der Waals surface area contributed by atoms with Gasteiger partial charge in [0.25, 0.3) is 0 Å². The summed E-state index contributed by atoms with van der Waals surface area (Å²) in [5.74, 6) is 0. The lowest BCUT2D eigenvalue weighted by Gasteiger charge is -2.43. The molecule has 1 N–H and O–H groups in total. The highest BCUT2D eigenvalue weighted by atomic mass is 15.0. The van der Waals surface area contributed by atoms with Crippen LogP contribution in [0.15, 0.2) is 23.9 Å². The normalized spacial score (nSPS) is 20.5. The lowest BCUT2D eigenvalue weighted by atomic mass is 9.73. The highest BCUT2D eigenvalue weighted by Gasteiger charge is 2.35. The van der Waals surface area contributed by atoms with Crippen LogP contribution in [0.25, 0.3) is 0 Å². The molecule has 1 heteroatoms. The highest BCUT2D eigenvalue weighted by Crippen LogP contribution is 2.34. The summed E-state index contributed by atoms with van der Waals surface area (Å²) in [6, 6.07) is 0. The van der Waals surface area contributed by atoms with Gasteiger partial charge < -0.3 is 5.32 Å². The van der Waals surface area contributed by atoms with Crippen molar-refractivity contribution in [3.05, 3.63) is 23.9 Å². The Bertz CT molecular complexity index is 255. The van der Waals surface area contributed by atoms with Crippen molar-refractivity contribution in [2.75, 3.05) is 0 Å². The van der Waals surface area contributed by atoms with E-state index < -0.39 is 0 Å². The van der Waals surface area contributed by atoms with Crippen molar-refractivity contribution in [2.45, 2.75) is 53.0 Å². The van der Waals surface area contributed by atoms with Crippen LogP contribution in [0.1, 0.15) is 47.5 Å². The van der Waals surface area contributed by atoms with E-state index in [1.807, 2.05) is 0 Å². The molecule has 0 aromatic heterocycles. The van der Waals surface area contributed by atoms with E-state index in [1.165, 1.54) is 5.70 Å². The summed E-state index contributed by atoms with van der Waals surface area (Å²) in [5.41, 5.74) is 1.82. The zero-order chi connectivity index (χ0) is 10.8. The van der Waals surface area contributed by atoms with Crippen LogP contribution < -0.4 is 5.32 Å². The van der Waals surface area contributed by atoms with Crippen LogP contribution in [0.4, 0.5) is 0 Å². The smallest absolute Gasteiger partial charge is 0.0388 e. The molecule has 0 bridgehead atoms. The van der Waals surface area contributed by atoms with Gasteiger partial charge in [0.1, 0.15) is 0 Å². The van der Waals surface area contributed by atoms with E-state index in [1.54, 1.807) is 0 Å². The maximum atomic E-state index is 3.68. The summed E-state index contributed by atoms with van der Waals surface area (Å²) in [5, 5.41) is 3.68. The summed E-state index contributed by atoms with van der Waals surface area (Å²) < 4.78 is 0. The van der Waals surface area contributed by atoms with Gasteiger partial charge in [-0.3, -0.25) is 0 Å². The van der Waals surface area contributed by atoms with Crippen LogP contribution in [-0.4, -0.2) is 5.54 Å². The largest absolute Gasteiger partial charge is 0.382 e. The molecule has 1 rings (SSSR count). The Morgan fingerprint density at radius 1 is 1.29 bits per heavy atom. The van der Waals surface area contributed by atoms with E-state index in [0.29, 0.717) is 0 Å². The molecule has 0 aromatic carbocycles. The van der Waals surface area contributed by atoms with Crippen LogP contribution in [0, 0.1) is 5.41 Å². The minimum atomic E-state index is 0.185. The van der Waals surface area contributed by atoms with Crippen molar-refractivity contribution in [3.63, 3.8) is 0 Å². The third-order valence-electron chi connectivity index (χ3n) is 3.57.